The minimum absolute atomic E-state index is 0.289. The first-order valence-corrected chi connectivity index (χ1v) is 24.3. The summed E-state index contributed by atoms with van der Waals surface area (Å²) in [5.41, 5.74) is 26.1. The van der Waals surface area contributed by atoms with E-state index in [1.807, 2.05) is 0 Å². The maximum absolute atomic E-state index is 2.64. The predicted molar refractivity (Wildman–Crippen MR) is 269 cm³/mol. The number of rotatable bonds is 9. The van der Waals surface area contributed by atoms with Gasteiger partial charge in [-0.2, -0.15) is 0 Å². The summed E-state index contributed by atoms with van der Waals surface area (Å²) in [6.45, 7) is 25.1. The van der Waals surface area contributed by atoms with E-state index < -0.39 is 0 Å². The standard InChI is InChI=1S/C36H46.C26H30/c1-24-14-12-13-19-31(24)36(34-22-32(25(2)20-27(34)4)29-15-8-6-9-16-29)35-23-33(26(3)21-28(35)5)30-17-10-7-11-18-30;1-17-7-11-23(12-8-17)21(5)25-16-26(20(4)15-19(25)3)22(6)24-13-9-18(2)10-14-24/h12-14,19-23,29-30,36H,6-11,15-18H2,1-5H3;7-16,21-22H,1-6H3. The van der Waals surface area contributed by atoms with E-state index in [1.54, 1.807) is 11.1 Å². The van der Waals surface area contributed by atoms with Gasteiger partial charge in [0, 0.05) is 17.8 Å². The average molecular weight is 821 g/mol. The Hall–Kier alpha value is -4.68. The highest BCUT2D eigenvalue weighted by molar-refractivity contribution is 5.55. The molecule has 2 unspecified atom stereocenters. The first-order valence-electron chi connectivity index (χ1n) is 24.3. The molecule has 0 aliphatic heterocycles. The van der Waals surface area contributed by atoms with Crippen molar-refractivity contribution in [2.75, 3.05) is 0 Å². The van der Waals surface area contributed by atoms with Crippen LogP contribution in [-0.4, -0.2) is 0 Å². The van der Waals surface area contributed by atoms with Gasteiger partial charge in [-0.15, -0.1) is 0 Å². The number of hydrogen-bond donors (Lipinski definition) is 0. The van der Waals surface area contributed by atoms with E-state index in [0.717, 1.165) is 11.8 Å². The van der Waals surface area contributed by atoms with Gasteiger partial charge in [-0.3, -0.25) is 0 Å². The summed E-state index contributed by atoms with van der Waals surface area (Å²) in [6, 6.07) is 42.1. The Morgan fingerprint density at radius 2 is 0.710 bits per heavy atom. The molecule has 0 amide bonds. The fourth-order valence-corrected chi connectivity index (χ4v) is 11.4. The predicted octanol–water partition coefficient (Wildman–Crippen LogP) is 17.7. The van der Waals surface area contributed by atoms with E-state index in [1.165, 1.54) is 153 Å². The van der Waals surface area contributed by atoms with Gasteiger partial charge >= 0.3 is 0 Å². The summed E-state index contributed by atoms with van der Waals surface area (Å²) in [4.78, 5) is 0. The third-order valence-electron chi connectivity index (χ3n) is 15.3. The molecule has 0 heterocycles. The molecular weight excluding hydrogens is 745 g/mol. The van der Waals surface area contributed by atoms with E-state index in [4.69, 9.17) is 0 Å². The van der Waals surface area contributed by atoms with Gasteiger partial charge in [-0.05, 0) is 189 Å². The molecule has 2 aliphatic carbocycles. The molecule has 0 bridgehead atoms. The van der Waals surface area contributed by atoms with Crippen molar-refractivity contribution in [1.82, 2.24) is 0 Å². The van der Waals surface area contributed by atoms with Crippen molar-refractivity contribution >= 4 is 0 Å². The van der Waals surface area contributed by atoms with Crippen molar-refractivity contribution in [1.29, 1.82) is 0 Å². The SMILES string of the molecule is Cc1cc(C)c(C(c2ccccc2C)c2cc(C3CCCCC3)c(C)cc2C)cc1C1CCCCC1.Cc1ccc(C(C)c2cc(C(C)c3ccc(C)cc3)c(C)cc2C)cc1. The number of benzene rings is 6. The van der Waals surface area contributed by atoms with Crippen LogP contribution in [0.2, 0.25) is 0 Å². The molecule has 0 heteroatoms. The van der Waals surface area contributed by atoms with Gasteiger partial charge < -0.3 is 0 Å². The van der Waals surface area contributed by atoms with Gasteiger partial charge in [0.2, 0.25) is 0 Å². The molecule has 8 rings (SSSR count). The Morgan fingerprint density at radius 1 is 0.339 bits per heavy atom. The molecule has 0 spiro atoms. The molecular formula is C62H76. The molecule has 2 aliphatic rings. The molecule has 0 nitrogen and oxygen atoms in total. The Labute approximate surface area is 377 Å². The second kappa shape index (κ2) is 20.2. The Kier molecular flexibility index (Phi) is 14.8. The first kappa shape index (κ1) is 45.3. The maximum Gasteiger partial charge on any atom is 0.0348 e. The summed E-state index contributed by atoms with van der Waals surface area (Å²) >= 11 is 0. The molecule has 2 atom stereocenters. The van der Waals surface area contributed by atoms with Crippen LogP contribution in [0.1, 0.15) is 208 Å². The van der Waals surface area contributed by atoms with Crippen LogP contribution in [0.25, 0.3) is 0 Å². The van der Waals surface area contributed by atoms with Gasteiger partial charge in [0.15, 0.2) is 0 Å². The van der Waals surface area contributed by atoms with Crippen LogP contribution in [0.4, 0.5) is 0 Å². The van der Waals surface area contributed by atoms with Crippen molar-refractivity contribution in [2.24, 2.45) is 0 Å². The van der Waals surface area contributed by atoms with Gasteiger partial charge in [-0.25, -0.2) is 0 Å². The van der Waals surface area contributed by atoms with E-state index in [2.05, 4.69) is 185 Å². The molecule has 0 radical (unpaired) electrons. The Bertz CT molecular complexity index is 2280. The summed E-state index contributed by atoms with van der Waals surface area (Å²) in [7, 11) is 0. The monoisotopic (exact) mass is 821 g/mol. The molecule has 2 fully saturated rings. The van der Waals surface area contributed by atoms with Gasteiger partial charge in [0.05, 0.1) is 0 Å². The zero-order valence-corrected chi connectivity index (χ0v) is 40.4. The summed E-state index contributed by atoms with van der Waals surface area (Å²) < 4.78 is 0. The molecule has 62 heavy (non-hydrogen) atoms. The highest BCUT2D eigenvalue weighted by Crippen LogP contribution is 2.44. The van der Waals surface area contributed by atoms with Crippen molar-refractivity contribution in [3.63, 3.8) is 0 Å². The van der Waals surface area contributed by atoms with Crippen LogP contribution < -0.4 is 0 Å². The summed E-state index contributed by atoms with van der Waals surface area (Å²) in [5, 5.41) is 0. The third-order valence-corrected chi connectivity index (χ3v) is 15.3. The number of hydrogen-bond acceptors (Lipinski definition) is 0. The van der Waals surface area contributed by atoms with Crippen LogP contribution >= 0.6 is 0 Å². The van der Waals surface area contributed by atoms with Crippen LogP contribution in [0.3, 0.4) is 0 Å². The Balaban J connectivity index is 0.000000197. The minimum Gasteiger partial charge on any atom is -0.0620 e. The highest BCUT2D eigenvalue weighted by atomic mass is 14.3. The normalized spacial score (nSPS) is 15.9. The smallest absolute Gasteiger partial charge is 0.0348 e. The lowest BCUT2D eigenvalue weighted by Gasteiger charge is -2.30. The first-order chi connectivity index (χ1) is 29.8. The molecule has 6 aromatic carbocycles. The molecule has 324 valence electrons. The van der Waals surface area contributed by atoms with Gasteiger partial charge in [0.25, 0.3) is 0 Å². The molecule has 0 aromatic heterocycles. The third kappa shape index (κ3) is 10.2. The summed E-state index contributed by atoms with van der Waals surface area (Å²) in [5.74, 6) is 2.55. The molecule has 6 aromatic rings. The minimum atomic E-state index is 0.289. The quantitative estimate of drug-likeness (QED) is 0.127. The largest absolute Gasteiger partial charge is 0.0620 e. The molecule has 2 saturated carbocycles. The topological polar surface area (TPSA) is 0 Å². The van der Waals surface area contributed by atoms with Crippen molar-refractivity contribution in [2.45, 2.75) is 170 Å². The summed E-state index contributed by atoms with van der Waals surface area (Å²) in [6.07, 6.45) is 13.8. The second-order valence-corrected chi connectivity index (χ2v) is 19.9. The molecule has 0 N–H and O–H groups in total. The van der Waals surface area contributed by atoms with Gasteiger partial charge in [-0.1, -0.05) is 173 Å². The van der Waals surface area contributed by atoms with E-state index >= 15 is 0 Å². The van der Waals surface area contributed by atoms with Crippen molar-refractivity contribution in [3.8, 4) is 0 Å². The zero-order valence-electron chi connectivity index (χ0n) is 40.4. The highest BCUT2D eigenvalue weighted by Gasteiger charge is 2.28. The van der Waals surface area contributed by atoms with E-state index in [9.17, 15) is 0 Å². The van der Waals surface area contributed by atoms with E-state index in [0.29, 0.717) is 11.8 Å². The zero-order chi connectivity index (χ0) is 44.1. The lowest BCUT2D eigenvalue weighted by Crippen LogP contribution is -2.14. The second-order valence-electron chi connectivity index (χ2n) is 19.9. The molecule has 0 saturated heterocycles. The fourth-order valence-electron chi connectivity index (χ4n) is 11.4. The van der Waals surface area contributed by atoms with Crippen LogP contribution in [0.15, 0.2) is 109 Å². The van der Waals surface area contributed by atoms with Crippen molar-refractivity contribution < 1.29 is 0 Å². The number of aryl methyl sites for hydroxylation is 9. The van der Waals surface area contributed by atoms with Crippen LogP contribution in [0.5, 0.6) is 0 Å². The van der Waals surface area contributed by atoms with Crippen molar-refractivity contribution in [3.05, 3.63) is 209 Å². The van der Waals surface area contributed by atoms with Crippen LogP contribution in [0, 0.1) is 62.3 Å². The average Bonchev–Trinajstić information content (AvgIpc) is 3.26. The van der Waals surface area contributed by atoms with E-state index in [-0.39, 0.29) is 5.92 Å². The maximum atomic E-state index is 2.64. The van der Waals surface area contributed by atoms with Gasteiger partial charge in [0.1, 0.15) is 0 Å². The fraction of sp³-hybridized carbons (Fsp3) is 0.419. The Morgan fingerprint density at radius 3 is 1.11 bits per heavy atom. The van der Waals surface area contributed by atoms with Crippen LogP contribution in [-0.2, 0) is 0 Å². The lowest BCUT2D eigenvalue weighted by atomic mass is 9.74. The lowest BCUT2D eigenvalue weighted by molar-refractivity contribution is 0.442.